The number of hydrogen-bond donors (Lipinski definition) is 2. The van der Waals surface area contributed by atoms with Crippen molar-refractivity contribution >= 4 is 21.9 Å². The lowest BCUT2D eigenvalue weighted by atomic mass is 10.1. The maximum absolute atomic E-state index is 12.4. The minimum Gasteiger partial charge on any atom is -0.490 e. The fourth-order valence-corrected chi connectivity index (χ4v) is 3.78. The highest BCUT2D eigenvalue weighted by atomic mass is 32.2. The van der Waals surface area contributed by atoms with Crippen molar-refractivity contribution in [3.05, 3.63) is 53.6 Å². The smallest absolute Gasteiger partial charge is 0.321 e. The summed E-state index contributed by atoms with van der Waals surface area (Å²) in [7, 11) is -3.98. The highest BCUT2D eigenvalue weighted by molar-refractivity contribution is 7.89. The second-order valence-corrected chi connectivity index (χ2v) is 8.61. The Kier molecular flexibility index (Phi) is 7.48. The van der Waals surface area contributed by atoms with E-state index in [9.17, 15) is 18.0 Å². The summed E-state index contributed by atoms with van der Waals surface area (Å²) in [5.74, 6) is -0.563. The van der Waals surface area contributed by atoms with Crippen LogP contribution in [0, 0.1) is 6.92 Å². The molecule has 0 fully saturated rings. The van der Waals surface area contributed by atoms with Crippen LogP contribution in [0.1, 0.15) is 17.5 Å². The van der Waals surface area contributed by atoms with E-state index in [4.69, 9.17) is 14.2 Å². The summed E-state index contributed by atoms with van der Waals surface area (Å²) < 4.78 is 42.8. The van der Waals surface area contributed by atoms with Crippen molar-refractivity contribution in [1.29, 1.82) is 0 Å². The molecule has 9 nitrogen and oxygen atoms in total. The van der Waals surface area contributed by atoms with Crippen LogP contribution in [0.25, 0.3) is 0 Å². The van der Waals surface area contributed by atoms with Crippen LogP contribution in [0.5, 0.6) is 11.5 Å². The van der Waals surface area contributed by atoms with Gasteiger partial charge in [0.1, 0.15) is 6.54 Å². The van der Waals surface area contributed by atoms with Gasteiger partial charge in [-0.25, -0.2) is 8.42 Å². The summed E-state index contributed by atoms with van der Waals surface area (Å²) in [6.45, 7) is 2.03. The van der Waals surface area contributed by atoms with Gasteiger partial charge in [0.05, 0.1) is 18.1 Å². The lowest BCUT2D eigenvalue weighted by Gasteiger charge is -2.11. The third-order valence-electron chi connectivity index (χ3n) is 4.54. The molecule has 31 heavy (non-hydrogen) atoms. The number of carbonyl (C=O) groups excluding carboxylic acids is 2. The molecule has 166 valence electrons. The summed E-state index contributed by atoms with van der Waals surface area (Å²) in [5.41, 5.74) is 1.98. The highest BCUT2D eigenvalue weighted by Crippen LogP contribution is 2.31. The lowest BCUT2D eigenvalue weighted by molar-refractivity contribution is -0.147. The van der Waals surface area contributed by atoms with Gasteiger partial charge in [-0.15, -0.1) is 0 Å². The molecule has 0 radical (unpaired) electrons. The number of esters is 1. The minimum atomic E-state index is -3.98. The standard InChI is InChI=1S/C21H24N2O7S/c1-15-5-2-3-6-16(15)12-22-20(24)14-30-21(25)13-23-31(26,27)17-7-8-18-19(11-17)29-10-4-9-28-18/h2-3,5-8,11,23H,4,9-10,12-14H2,1H3,(H,22,24). The summed E-state index contributed by atoms with van der Waals surface area (Å²) in [6, 6.07) is 11.8. The molecule has 0 unspecified atom stereocenters. The Morgan fingerprint density at radius 3 is 2.58 bits per heavy atom. The van der Waals surface area contributed by atoms with Crippen molar-refractivity contribution in [1.82, 2.24) is 10.0 Å². The van der Waals surface area contributed by atoms with E-state index in [0.29, 0.717) is 37.7 Å². The zero-order valence-corrected chi connectivity index (χ0v) is 17.9. The molecule has 3 rings (SSSR count). The third-order valence-corrected chi connectivity index (χ3v) is 5.94. The van der Waals surface area contributed by atoms with Gasteiger partial charge < -0.3 is 19.5 Å². The molecule has 1 amide bonds. The Morgan fingerprint density at radius 2 is 1.81 bits per heavy atom. The molecule has 2 aromatic rings. The number of rotatable bonds is 8. The molecule has 1 aliphatic heterocycles. The van der Waals surface area contributed by atoms with E-state index in [1.165, 1.54) is 18.2 Å². The first kappa shape index (κ1) is 22.6. The van der Waals surface area contributed by atoms with Crippen LogP contribution in [-0.4, -0.2) is 46.7 Å². The average molecular weight is 448 g/mol. The molecule has 2 aromatic carbocycles. The number of amides is 1. The second-order valence-electron chi connectivity index (χ2n) is 6.85. The summed E-state index contributed by atoms with van der Waals surface area (Å²) in [6.07, 6.45) is 0.694. The quantitative estimate of drug-likeness (QED) is 0.584. The van der Waals surface area contributed by atoms with Crippen molar-refractivity contribution in [2.24, 2.45) is 0 Å². The van der Waals surface area contributed by atoms with Gasteiger partial charge in [-0.2, -0.15) is 4.72 Å². The van der Waals surface area contributed by atoms with Crippen LogP contribution in [0.4, 0.5) is 0 Å². The van der Waals surface area contributed by atoms with Crippen LogP contribution in [0.3, 0.4) is 0 Å². The van der Waals surface area contributed by atoms with Gasteiger partial charge in [0.2, 0.25) is 10.0 Å². The van der Waals surface area contributed by atoms with Crippen molar-refractivity contribution < 1.29 is 32.2 Å². The number of sulfonamides is 1. The molecule has 0 bridgehead atoms. The minimum absolute atomic E-state index is 0.0690. The number of fused-ring (bicyclic) bond motifs is 1. The number of hydrogen-bond acceptors (Lipinski definition) is 7. The van der Waals surface area contributed by atoms with E-state index in [-0.39, 0.29) is 4.90 Å². The zero-order valence-electron chi connectivity index (χ0n) is 17.1. The number of nitrogens with one attached hydrogen (secondary N) is 2. The van der Waals surface area contributed by atoms with Gasteiger partial charge in [0.25, 0.3) is 5.91 Å². The largest absolute Gasteiger partial charge is 0.490 e. The fraction of sp³-hybridized carbons (Fsp3) is 0.333. The molecule has 1 aliphatic rings. The first-order valence-corrected chi connectivity index (χ1v) is 11.2. The SMILES string of the molecule is Cc1ccccc1CNC(=O)COC(=O)CNS(=O)(=O)c1ccc2c(c1)OCCCO2. The number of aryl methyl sites for hydroxylation is 1. The van der Waals surface area contributed by atoms with Gasteiger partial charge in [-0.1, -0.05) is 24.3 Å². The van der Waals surface area contributed by atoms with Crippen LogP contribution in [-0.2, 0) is 30.9 Å². The van der Waals surface area contributed by atoms with Crippen molar-refractivity contribution in [2.75, 3.05) is 26.4 Å². The Balaban J connectivity index is 1.46. The average Bonchev–Trinajstić information content (AvgIpc) is 3.00. The fourth-order valence-electron chi connectivity index (χ4n) is 2.80. The summed E-state index contributed by atoms with van der Waals surface area (Å²) in [4.78, 5) is 23.7. The Morgan fingerprint density at radius 1 is 1.06 bits per heavy atom. The van der Waals surface area contributed by atoms with Gasteiger partial charge in [0, 0.05) is 19.0 Å². The van der Waals surface area contributed by atoms with Crippen molar-refractivity contribution in [2.45, 2.75) is 24.8 Å². The molecule has 2 N–H and O–H groups in total. The van der Waals surface area contributed by atoms with Gasteiger partial charge >= 0.3 is 5.97 Å². The zero-order chi connectivity index (χ0) is 22.3. The molecule has 0 atom stereocenters. The van der Waals surface area contributed by atoms with Crippen LogP contribution in [0.2, 0.25) is 0 Å². The van der Waals surface area contributed by atoms with E-state index in [1.54, 1.807) is 0 Å². The predicted octanol–water partition coefficient (Wildman–Crippen LogP) is 1.29. The van der Waals surface area contributed by atoms with E-state index in [2.05, 4.69) is 10.0 Å². The molecule has 0 aliphatic carbocycles. The van der Waals surface area contributed by atoms with E-state index in [0.717, 1.165) is 11.1 Å². The lowest BCUT2D eigenvalue weighted by Crippen LogP contribution is -2.33. The first-order valence-electron chi connectivity index (χ1n) is 9.71. The molecule has 1 heterocycles. The monoisotopic (exact) mass is 448 g/mol. The maximum Gasteiger partial charge on any atom is 0.321 e. The van der Waals surface area contributed by atoms with Crippen molar-refractivity contribution in [3.63, 3.8) is 0 Å². The molecular weight excluding hydrogens is 424 g/mol. The summed E-state index contributed by atoms with van der Waals surface area (Å²) >= 11 is 0. The normalized spacial score (nSPS) is 13.2. The van der Waals surface area contributed by atoms with Crippen molar-refractivity contribution in [3.8, 4) is 11.5 Å². The van der Waals surface area contributed by atoms with E-state index < -0.39 is 35.1 Å². The molecule has 0 saturated carbocycles. The van der Waals surface area contributed by atoms with Gasteiger partial charge in [-0.05, 0) is 30.2 Å². The molecule has 10 heteroatoms. The number of benzene rings is 2. The van der Waals surface area contributed by atoms with Crippen LogP contribution >= 0.6 is 0 Å². The number of carbonyl (C=O) groups is 2. The Bertz CT molecular complexity index is 1050. The maximum atomic E-state index is 12.4. The highest BCUT2D eigenvalue weighted by Gasteiger charge is 2.20. The van der Waals surface area contributed by atoms with Gasteiger partial charge in [0.15, 0.2) is 18.1 Å². The van der Waals surface area contributed by atoms with Gasteiger partial charge in [-0.3, -0.25) is 9.59 Å². The topological polar surface area (TPSA) is 120 Å². The first-order chi connectivity index (χ1) is 14.8. The number of ether oxygens (including phenoxy) is 3. The second kappa shape index (κ2) is 10.3. The third kappa shape index (κ3) is 6.43. The Hall–Kier alpha value is -3.11. The predicted molar refractivity (Wildman–Crippen MR) is 111 cm³/mol. The molecule has 0 aromatic heterocycles. The van der Waals surface area contributed by atoms with Crippen LogP contribution < -0.4 is 19.5 Å². The Labute approximate surface area is 180 Å². The molecule has 0 spiro atoms. The van der Waals surface area contributed by atoms with E-state index in [1.807, 2.05) is 31.2 Å². The summed E-state index contributed by atoms with van der Waals surface area (Å²) in [5, 5.41) is 2.65. The molecular formula is C21H24N2O7S. The van der Waals surface area contributed by atoms with E-state index >= 15 is 0 Å². The van der Waals surface area contributed by atoms with Crippen LogP contribution in [0.15, 0.2) is 47.4 Å². The molecule has 0 saturated heterocycles.